The Morgan fingerprint density at radius 2 is 1.68 bits per heavy atom. The van der Waals surface area contributed by atoms with Crippen molar-refractivity contribution in [3.63, 3.8) is 0 Å². The predicted molar refractivity (Wildman–Crippen MR) is 96.5 cm³/mol. The number of urea groups is 2. The molecule has 0 bridgehead atoms. The number of fused-ring (bicyclic) bond motifs is 1. The third-order valence-electron chi connectivity index (χ3n) is 5.71. The number of piperazine rings is 1. The summed E-state index contributed by atoms with van der Waals surface area (Å²) in [6.45, 7) is 2.61. The van der Waals surface area contributed by atoms with Crippen molar-refractivity contribution in [2.45, 2.75) is 44.2 Å². The molecule has 0 radical (unpaired) electrons. The highest BCUT2D eigenvalue weighted by molar-refractivity contribution is 5.89. The first-order valence-electron chi connectivity index (χ1n) is 9.40. The van der Waals surface area contributed by atoms with Gasteiger partial charge in [0.05, 0.1) is 6.04 Å². The monoisotopic (exact) mass is 342 g/mol. The van der Waals surface area contributed by atoms with Crippen molar-refractivity contribution in [3.05, 3.63) is 30.3 Å². The summed E-state index contributed by atoms with van der Waals surface area (Å²) < 4.78 is 0. The zero-order valence-corrected chi connectivity index (χ0v) is 14.6. The fraction of sp³-hybridized carbons (Fsp3) is 0.579. The number of para-hydroxylation sites is 1. The molecular weight excluding hydrogens is 316 g/mol. The molecular formula is C19H26N4O2. The minimum atomic E-state index is -0.0746. The van der Waals surface area contributed by atoms with Gasteiger partial charge < -0.3 is 20.0 Å². The van der Waals surface area contributed by atoms with Crippen molar-refractivity contribution in [2.24, 2.45) is 0 Å². The van der Waals surface area contributed by atoms with Gasteiger partial charge in [0.1, 0.15) is 0 Å². The second kappa shape index (κ2) is 6.94. The van der Waals surface area contributed by atoms with Gasteiger partial charge >= 0.3 is 12.1 Å². The average molecular weight is 342 g/mol. The third-order valence-corrected chi connectivity index (χ3v) is 5.71. The highest BCUT2D eigenvalue weighted by atomic mass is 16.2. The SMILES string of the molecule is O=C(Nc1ccccc1)N1CCN2C(=O)N(C3CCCCC3)C[C@H]2C1. The number of rotatable bonds is 2. The molecule has 3 aliphatic rings. The van der Waals surface area contributed by atoms with Crippen LogP contribution in [0.3, 0.4) is 0 Å². The van der Waals surface area contributed by atoms with E-state index in [1.807, 2.05) is 40.1 Å². The number of nitrogens with zero attached hydrogens (tertiary/aromatic N) is 3. The molecule has 1 N–H and O–H groups in total. The second-order valence-corrected chi connectivity index (χ2v) is 7.32. The zero-order valence-electron chi connectivity index (χ0n) is 14.6. The number of nitrogens with one attached hydrogen (secondary N) is 1. The Bertz CT molecular complexity index is 630. The van der Waals surface area contributed by atoms with E-state index in [4.69, 9.17) is 0 Å². The first kappa shape index (κ1) is 16.2. The Morgan fingerprint density at radius 1 is 0.920 bits per heavy atom. The number of anilines is 1. The number of benzene rings is 1. The van der Waals surface area contributed by atoms with Gasteiger partial charge in [0.2, 0.25) is 0 Å². The van der Waals surface area contributed by atoms with Crippen LogP contribution in [-0.4, -0.2) is 65.0 Å². The van der Waals surface area contributed by atoms with Crippen molar-refractivity contribution in [2.75, 3.05) is 31.5 Å². The zero-order chi connectivity index (χ0) is 17.2. The Balaban J connectivity index is 1.38. The molecule has 1 aromatic carbocycles. The molecule has 0 aromatic heterocycles. The van der Waals surface area contributed by atoms with Gasteiger partial charge in [-0.3, -0.25) is 0 Å². The summed E-state index contributed by atoms with van der Waals surface area (Å²) in [5, 5.41) is 2.95. The Hall–Kier alpha value is -2.24. The van der Waals surface area contributed by atoms with E-state index < -0.39 is 0 Å². The van der Waals surface area contributed by atoms with Crippen LogP contribution < -0.4 is 5.32 Å². The van der Waals surface area contributed by atoms with Crippen LogP contribution in [0.4, 0.5) is 15.3 Å². The molecule has 0 unspecified atom stereocenters. The predicted octanol–water partition coefficient (Wildman–Crippen LogP) is 2.97. The fourth-order valence-corrected chi connectivity index (χ4v) is 4.34. The van der Waals surface area contributed by atoms with Gasteiger partial charge in [-0.2, -0.15) is 0 Å². The van der Waals surface area contributed by atoms with Gasteiger partial charge in [0, 0.05) is 37.9 Å². The van der Waals surface area contributed by atoms with Crippen molar-refractivity contribution in [3.8, 4) is 0 Å². The number of carbonyl (C=O) groups is 2. The summed E-state index contributed by atoms with van der Waals surface area (Å²) in [5.41, 5.74) is 0.807. The molecule has 134 valence electrons. The van der Waals surface area contributed by atoms with Crippen LogP contribution in [0.2, 0.25) is 0 Å². The largest absolute Gasteiger partial charge is 0.321 e. The first-order valence-corrected chi connectivity index (χ1v) is 9.40. The average Bonchev–Trinajstić information content (AvgIpc) is 2.99. The standard InChI is InChI=1S/C19H26N4O2/c24-18(20-15-7-3-1-4-8-15)21-11-12-22-17(13-21)14-23(19(22)25)16-9-5-2-6-10-16/h1,3-4,7-8,16-17H,2,5-6,9-14H2,(H,20,24)/t17-/m1/s1. The molecule has 2 aliphatic heterocycles. The Morgan fingerprint density at radius 3 is 2.44 bits per heavy atom. The summed E-state index contributed by atoms with van der Waals surface area (Å²) in [6, 6.07) is 10.2. The minimum Gasteiger partial charge on any atom is -0.321 e. The van der Waals surface area contributed by atoms with Crippen molar-refractivity contribution in [1.29, 1.82) is 0 Å². The van der Waals surface area contributed by atoms with Crippen LogP contribution in [0, 0.1) is 0 Å². The topological polar surface area (TPSA) is 55.9 Å². The highest BCUT2D eigenvalue weighted by Crippen LogP contribution is 2.29. The van der Waals surface area contributed by atoms with Crippen LogP contribution in [0.5, 0.6) is 0 Å². The van der Waals surface area contributed by atoms with E-state index >= 15 is 0 Å². The molecule has 6 heteroatoms. The number of hydrogen-bond donors (Lipinski definition) is 1. The Labute approximate surface area is 148 Å². The third kappa shape index (κ3) is 3.30. The molecule has 1 aromatic rings. The summed E-state index contributed by atoms with van der Waals surface area (Å²) in [5.74, 6) is 0. The highest BCUT2D eigenvalue weighted by Gasteiger charge is 2.44. The molecule has 1 aliphatic carbocycles. The maximum absolute atomic E-state index is 12.7. The molecule has 4 amide bonds. The first-order chi connectivity index (χ1) is 12.2. The molecule has 2 heterocycles. The van der Waals surface area contributed by atoms with E-state index in [1.165, 1.54) is 19.3 Å². The van der Waals surface area contributed by atoms with Crippen LogP contribution in [0.15, 0.2) is 30.3 Å². The Kier molecular flexibility index (Phi) is 4.51. The van der Waals surface area contributed by atoms with Gasteiger partial charge in [-0.15, -0.1) is 0 Å². The second-order valence-electron chi connectivity index (χ2n) is 7.32. The number of amides is 4. The van der Waals surface area contributed by atoms with E-state index in [-0.39, 0.29) is 18.1 Å². The molecule has 6 nitrogen and oxygen atoms in total. The fourth-order valence-electron chi connectivity index (χ4n) is 4.34. The van der Waals surface area contributed by atoms with Crippen LogP contribution in [0.25, 0.3) is 0 Å². The lowest BCUT2D eigenvalue weighted by atomic mass is 9.94. The normalized spacial score (nSPS) is 24.4. The van der Waals surface area contributed by atoms with E-state index in [2.05, 4.69) is 10.2 Å². The van der Waals surface area contributed by atoms with Gasteiger partial charge in [-0.1, -0.05) is 37.5 Å². The van der Waals surface area contributed by atoms with Gasteiger partial charge in [0.15, 0.2) is 0 Å². The molecule has 1 atom stereocenters. The van der Waals surface area contributed by atoms with Crippen molar-refractivity contribution in [1.82, 2.24) is 14.7 Å². The van der Waals surface area contributed by atoms with E-state index in [1.54, 1.807) is 0 Å². The van der Waals surface area contributed by atoms with Gasteiger partial charge in [-0.05, 0) is 25.0 Å². The lowest BCUT2D eigenvalue weighted by Gasteiger charge is -2.36. The minimum absolute atomic E-state index is 0.0746. The van der Waals surface area contributed by atoms with E-state index in [0.29, 0.717) is 25.7 Å². The summed E-state index contributed by atoms with van der Waals surface area (Å²) in [4.78, 5) is 31.1. The van der Waals surface area contributed by atoms with E-state index in [9.17, 15) is 9.59 Å². The molecule has 4 rings (SSSR count). The van der Waals surface area contributed by atoms with Crippen molar-refractivity contribution < 1.29 is 9.59 Å². The van der Waals surface area contributed by atoms with Gasteiger partial charge in [0.25, 0.3) is 0 Å². The maximum atomic E-state index is 12.7. The number of carbonyl (C=O) groups excluding carboxylic acids is 2. The van der Waals surface area contributed by atoms with Gasteiger partial charge in [-0.25, -0.2) is 9.59 Å². The molecule has 1 saturated carbocycles. The van der Waals surface area contributed by atoms with Crippen LogP contribution in [-0.2, 0) is 0 Å². The molecule has 0 spiro atoms. The smallest absolute Gasteiger partial charge is 0.321 e. The van der Waals surface area contributed by atoms with Crippen LogP contribution in [0.1, 0.15) is 32.1 Å². The maximum Gasteiger partial charge on any atom is 0.321 e. The van der Waals surface area contributed by atoms with E-state index in [0.717, 1.165) is 25.1 Å². The summed E-state index contributed by atoms with van der Waals surface area (Å²) in [6.07, 6.45) is 6.00. The quantitative estimate of drug-likeness (QED) is 0.898. The lowest BCUT2D eigenvalue weighted by molar-refractivity contribution is 0.133. The molecule has 25 heavy (non-hydrogen) atoms. The number of hydrogen-bond acceptors (Lipinski definition) is 2. The molecule has 2 saturated heterocycles. The van der Waals surface area contributed by atoms with Crippen molar-refractivity contribution >= 4 is 17.7 Å². The lowest BCUT2D eigenvalue weighted by Crippen LogP contribution is -2.54. The summed E-state index contributed by atoms with van der Waals surface area (Å²) >= 11 is 0. The molecule has 3 fully saturated rings. The van der Waals surface area contributed by atoms with Crippen LogP contribution >= 0.6 is 0 Å². The summed E-state index contributed by atoms with van der Waals surface area (Å²) in [7, 11) is 0.